The van der Waals surface area contributed by atoms with Gasteiger partial charge in [0.2, 0.25) is 5.91 Å². The molecule has 3 rings (SSSR count). The van der Waals surface area contributed by atoms with Crippen molar-refractivity contribution in [3.8, 4) is 5.75 Å². The molecule has 34 heavy (non-hydrogen) atoms. The first-order chi connectivity index (χ1) is 16.0. The number of methoxy groups -OCH3 is 2. The Morgan fingerprint density at radius 3 is 2.44 bits per heavy atom. The lowest BCUT2D eigenvalue weighted by molar-refractivity contribution is -0.131. The number of hydrogen-bond donors (Lipinski definition) is 0. The fraction of sp³-hybridized carbons (Fsp3) is 0.318. The molecule has 1 fully saturated rings. The topological polar surface area (TPSA) is 107 Å². The fourth-order valence-corrected chi connectivity index (χ4v) is 6.11. The minimum Gasteiger partial charge on any atom is -0.496 e. The maximum absolute atomic E-state index is 13.5. The molecule has 0 radical (unpaired) electrons. The van der Waals surface area contributed by atoms with Crippen LogP contribution in [0.5, 0.6) is 5.75 Å². The van der Waals surface area contributed by atoms with Crippen LogP contribution in [0.2, 0.25) is 15.1 Å². The molecule has 0 spiro atoms. The van der Waals surface area contributed by atoms with Crippen molar-refractivity contribution in [3.63, 3.8) is 0 Å². The Morgan fingerprint density at radius 1 is 1.09 bits per heavy atom. The van der Waals surface area contributed by atoms with Crippen LogP contribution in [0.1, 0.15) is 28.8 Å². The Hall–Kier alpha value is -2.33. The molecular formula is C22H20Cl3NO7S. The highest BCUT2D eigenvalue weighted by Crippen LogP contribution is 2.34. The molecule has 1 heterocycles. The minimum atomic E-state index is -4.62. The van der Waals surface area contributed by atoms with E-state index in [2.05, 4.69) is 4.74 Å². The van der Waals surface area contributed by atoms with Crippen molar-refractivity contribution >= 4 is 62.5 Å². The van der Waals surface area contributed by atoms with E-state index in [-0.39, 0.29) is 34.9 Å². The second-order valence-corrected chi connectivity index (χ2v) is 10.6. The average molecular weight is 549 g/mol. The zero-order chi connectivity index (χ0) is 25.2. The van der Waals surface area contributed by atoms with Gasteiger partial charge in [-0.1, -0.05) is 34.8 Å². The summed E-state index contributed by atoms with van der Waals surface area (Å²) in [5, 5.41) is -0.0177. The molecule has 2 aromatic rings. The van der Waals surface area contributed by atoms with E-state index in [1.807, 2.05) is 0 Å². The van der Waals surface area contributed by atoms with Gasteiger partial charge in [0, 0.05) is 17.4 Å². The Bertz CT molecular complexity index is 1260. The molecule has 1 unspecified atom stereocenters. The van der Waals surface area contributed by atoms with Gasteiger partial charge in [-0.3, -0.25) is 9.59 Å². The monoisotopic (exact) mass is 547 g/mol. The van der Waals surface area contributed by atoms with E-state index >= 15 is 0 Å². The minimum absolute atomic E-state index is 0.00701. The molecule has 2 aromatic carbocycles. The van der Waals surface area contributed by atoms with Crippen molar-refractivity contribution in [1.29, 1.82) is 0 Å². The number of carbonyl (C=O) groups excluding carboxylic acids is 3. The first kappa shape index (κ1) is 26.3. The predicted octanol–water partition coefficient (Wildman–Crippen LogP) is 4.18. The summed E-state index contributed by atoms with van der Waals surface area (Å²) in [6.07, 6.45) is 0.248. The summed E-state index contributed by atoms with van der Waals surface area (Å²) < 4.78 is 37.4. The predicted molar refractivity (Wildman–Crippen MR) is 126 cm³/mol. The maximum Gasteiger partial charge on any atom is 0.339 e. The highest BCUT2D eigenvalue weighted by atomic mass is 35.5. The summed E-state index contributed by atoms with van der Waals surface area (Å²) >= 11 is 18.2. The summed E-state index contributed by atoms with van der Waals surface area (Å²) in [5.41, 5.74) is 0.346. The van der Waals surface area contributed by atoms with E-state index < -0.39 is 45.0 Å². The van der Waals surface area contributed by atoms with Crippen LogP contribution in [0.3, 0.4) is 0 Å². The van der Waals surface area contributed by atoms with Crippen molar-refractivity contribution < 1.29 is 32.3 Å². The highest BCUT2D eigenvalue weighted by Gasteiger charge is 2.39. The summed E-state index contributed by atoms with van der Waals surface area (Å²) in [7, 11) is -2.05. The lowest BCUT2D eigenvalue weighted by Crippen LogP contribution is -2.42. The molecule has 0 aromatic heterocycles. The summed E-state index contributed by atoms with van der Waals surface area (Å²) in [6.45, 7) is -0.656. The van der Waals surface area contributed by atoms with Crippen LogP contribution in [0, 0.1) is 5.92 Å². The van der Waals surface area contributed by atoms with E-state index in [0.717, 1.165) is 19.2 Å². The van der Waals surface area contributed by atoms with Gasteiger partial charge in [0.05, 0.1) is 36.4 Å². The Morgan fingerprint density at radius 2 is 1.79 bits per heavy atom. The fourth-order valence-electron chi connectivity index (χ4n) is 3.66. The molecular weight excluding hydrogens is 529 g/mol. The number of rotatable bonds is 6. The lowest BCUT2D eigenvalue weighted by Gasteiger charge is -2.24. The highest BCUT2D eigenvalue weighted by molar-refractivity contribution is 7.89. The molecule has 1 amide bonds. The van der Waals surface area contributed by atoms with E-state index in [4.69, 9.17) is 39.5 Å². The van der Waals surface area contributed by atoms with Crippen molar-refractivity contribution in [2.45, 2.75) is 24.2 Å². The number of ketones is 1. The number of esters is 1. The molecule has 1 atom stereocenters. The summed E-state index contributed by atoms with van der Waals surface area (Å²) in [5.74, 6) is -2.47. The summed E-state index contributed by atoms with van der Waals surface area (Å²) in [6, 6.07) is 6.89. The molecule has 8 nitrogen and oxygen atoms in total. The number of Topliss-reactive ketones (excluding diaryl/α,β-unsaturated/α-hetero) is 1. The molecule has 182 valence electrons. The smallest absolute Gasteiger partial charge is 0.339 e. The van der Waals surface area contributed by atoms with Crippen LogP contribution in [0.4, 0.5) is 0 Å². The van der Waals surface area contributed by atoms with Crippen LogP contribution >= 0.6 is 34.8 Å². The first-order valence-electron chi connectivity index (χ1n) is 9.97. The first-order valence-corrected chi connectivity index (χ1v) is 12.5. The molecule has 0 saturated carbocycles. The molecule has 12 heteroatoms. The van der Waals surface area contributed by atoms with E-state index in [1.54, 1.807) is 18.2 Å². The molecule has 0 aliphatic carbocycles. The standard InChI is InChI=1S/C22H20Cl3NO7S/c1-32-19-6-4-14(23)8-13(19)7-12-3-5-15(27)11-26(21(12)28)34(30,31)20-9-16(22(29)33-2)17(24)10-18(20)25/h4,6,8-10,12H,3,5,7,11H2,1-2H3. The van der Waals surface area contributed by atoms with Gasteiger partial charge in [0.1, 0.15) is 10.6 Å². The molecule has 1 aliphatic heterocycles. The molecule has 0 N–H and O–H groups in total. The van der Waals surface area contributed by atoms with Crippen molar-refractivity contribution in [1.82, 2.24) is 4.31 Å². The van der Waals surface area contributed by atoms with Crippen LogP contribution < -0.4 is 4.74 Å². The number of hydrogen-bond acceptors (Lipinski definition) is 7. The van der Waals surface area contributed by atoms with Gasteiger partial charge < -0.3 is 9.47 Å². The number of nitrogens with zero attached hydrogens (tertiary/aromatic N) is 1. The third-order valence-electron chi connectivity index (χ3n) is 5.39. The zero-order valence-electron chi connectivity index (χ0n) is 18.1. The molecule has 1 saturated heterocycles. The second-order valence-electron chi connectivity index (χ2n) is 7.54. The zero-order valence-corrected chi connectivity index (χ0v) is 21.2. The quantitative estimate of drug-likeness (QED) is 0.498. The van der Waals surface area contributed by atoms with Gasteiger partial charge in [-0.2, -0.15) is 0 Å². The van der Waals surface area contributed by atoms with Gasteiger partial charge in [-0.25, -0.2) is 17.5 Å². The SMILES string of the molecule is COC(=O)c1cc(S(=O)(=O)N2CC(=O)CCC(Cc3cc(Cl)ccc3OC)C2=O)c(Cl)cc1Cl. The van der Waals surface area contributed by atoms with Crippen molar-refractivity contribution in [2.24, 2.45) is 5.92 Å². The van der Waals surface area contributed by atoms with E-state index in [0.29, 0.717) is 20.6 Å². The van der Waals surface area contributed by atoms with Crippen LogP contribution in [0.25, 0.3) is 0 Å². The Kier molecular flexibility index (Phi) is 8.13. The normalized spacial score (nSPS) is 16.9. The second kappa shape index (κ2) is 10.5. The van der Waals surface area contributed by atoms with Gasteiger partial charge in [0.25, 0.3) is 10.0 Å². The van der Waals surface area contributed by atoms with Gasteiger partial charge in [0.15, 0.2) is 5.78 Å². The molecule has 0 bridgehead atoms. The van der Waals surface area contributed by atoms with Crippen LogP contribution in [-0.4, -0.2) is 51.1 Å². The number of sulfonamides is 1. The number of carbonyl (C=O) groups is 3. The lowest BCUT2D eigenvalue weighted by atomic mass is 9.93. The number of benzene rings is 2. The van der Waals surface area contributed by atoms with E-state index in [1.165, 1.54) is 7.11 Å². The van der Waals surface area contributed by atoms with Crippen LogP contribution in [0.15, 0.2) is 35.2 Å². The Balaban J connectivity index is 2.04. The van der Waals surface area contributed by atoms with Crippen LogP contribution in [-0.2, 0) is 30.8 Å². The van der Waals surface area contributed by atoms with Gasteiger partial charge >= 0.3 is 5.97 Å². The van der Waals surface area contributed by atoms with Crippen molar-refractivity contribution in [3.05, 3.63) is 56.5 Å². The third-order valence-corrected chi connectivity index (χ3v) is 8.15. The average Bonchev–Trinajstić information content (AvgIpc) is 2.92. The number of halogens is 3. The van der Waals surface area contributed by atoms with Gasteiger partial charge in [-0.05, 0) is 48.7 Å². The third kappa shape index (κ3) is 5.33. The van der Waals surface area contributed by atoms with E-state index in [9.17, 15) is 22.8 Å². The Labute approximate surface area is 211 Å². The summed E-state index contributed by atoms with van der Waals surface area (Å²) in [4.78, 5) is 37.3. The maximum atomic E-state index is 13.5. The number of ether oxygens (including phenoxy) is 2. The number of amides is 1. The molecule has 1 aliphatic rings. The van der Waals surface area contributed by atoms with Crippen molar-refractivity contribution in [2.75, 3.05) is 20.8 Å². The van der Waals surface area contributed by atoms with Gasteiger partial charge in [-0.15, -0.1) is 0 Å². The largest absolute Gasteiger partial charge is 0.496 e.